The monoisotopic (exact) mass is 296 g/mol. The van der Waals surface area contributed by atoms with Crippen LogP contribution in [0.15, 0.2) is 41.8 Å². The summed E-state index contributed by atoms with van der Waals surface area (Å²) in [5.74, 6) is 1.61. The van der Waals surface area contributed by atoms with E-state index in [1.165, 1.54) is 0 Å². The fraction of sp³-hybridized carbons (Fsp3) is 0.188. The summed E-state index contributed by atoms with van der Waals surface area (Å²) in [7, 11) is 1.87. The molecule has 1 N–H and O–H groups in total. The molecule has 21 heavy (non-hydrogen) atoms. The van der Waals surface area contributed by atoms with Gasteiger partial charge in [-0.2, -0.15) is 0 Å². The fourth-order valence-electron chi connectivity index (χ4n) is 2.11. The molecule has 0 bridgehead atoms. The summed E-state index contributed by atoms with van der Waals surface area (Å²) in [6, 6.07) is 12.1. The molecule has 0 atom stereocenters. The maximum atomic E-state index is 4.67. The number of nitrogens with one attached hydrogen (secondary N) is 1. The molecule has 0 fully saturated rings. The Morgan fingerprint density at radius 2 is 1.90 bits per heavy atom. The van der Waals surface area contributed by atoms with Crippen LogP contribution in [0.3, 0.4) is 0 Å². The van der Waals surface area contributed by atoms with Crippen molar-refractivity contribution in [1.82, 2.24) is 15.0 Å². The second-order valence-corrected chi connectivity index (χ2v) is 5.77. The molecular formula is C16H16N4S. The van der Waals surface area contributed by atoms with Crippen LogP contribution >= 0.6 is 11.3 Å². The number of nitrogens with zero attached hydrogens (tertiary/aromatic N) is 3. The van der Waals surface area contributed by atoms with Crippen LogP contribution in [0.25, 0.3) is 11.3 Å². The Morgan fingerprint density at radius 3 is 2.57 bits per heavy atom. The smallest absolute Gasteiger partial charge is 0.137 e. The van der Waals surface area contributed by atoms with Crippen LogP contribution < -0.4 is 5.32 Å². The van der Waals surface area contributed by atoms with Crippen LogP contribution in [-0.4, -0.2) is 22.0 Å². The summed E-state index contributed by atoms with van der Waals surface area (Å²) in [4.78, 5) is 13.7. The Hall–Kier alpha value is -2.27. The van der Waals surface area contributed by atoms with Gasteiger partial charge in [0.25, 0.3) is 0 Å². The van der Waals surface area contributed by atoms with E-state index in [1.807, 2.05) is 38.2 Å². The number of hydrogen-bond donors (Lipinski definition) is 1. The number of rotatable bonds is 4. The number of aryl methyl sites for hydroxylation is 1. The van der Waals surface area contributed by atoms with Gasteiger partial charge in [0, 0.05) is 24.1 Å². The van der Waals surface area contributed by atoms with Crippen LogP contribution in [0.4, 0.5) is 5.82 Å². The molecule has 3 rings (SSSR count). The molecule has 0 saturated carbocycles. The highest BCUT2D eigenvalue weighted by atomic mass is 32.1. The molecule has 5 heteroatoms. The number of hydrogen-bond acceptors (Lipinski definition) is 5. The quantitative estimate of drug-likeness (QED) is 0.800. The zero-order chi connectivity index (χ0) is 14.7. The average Bonchev–Trinajstić information content (AvgIpc) is 2.93. The molecule has 0 spiro atoms. The third kappa shape index (κ3) is 3.25. The predicted molar refractivity (Wildman–Crippen MR) is 86.7 cm³/mol. The van der Waals surface area contributed by atoms with Gasteiger partial charge >= 0.3 is 0 Å². The molecule has 3 aromatic rings. The first-order chi connectivity index (χ1) is 10.2. The van der Waals surface area contributed by atoms with Gasteiger partial charge in [0.1, 0.15) is 11.6 Å². The van der Waals surface area contributed by atoms with E-state index in [-0.39, 0.29) is 0 Å². The van der Waals surface area contributed by atoms with Crippen LogP contribution in [0, 0.1) is 6.92 Å². The molecular weight excluding hydrogens is 280 g/mol. The molecule has 4 nitrogen and oxygen atoms in total. The van der Waals surface area contributed by atoms with Crippen molar-refractivity contribution in [1.29, 1.82) is 0 Å². The van der Waals surface area contributed by atoms with Crippen LogP contribution in [0.5, 0.6) is 0 Å². The average molecular weight is 296 g/mol. The zero-order valence-corrected chi connectivity index (χ0v) is 12.8. The van der Waals surface area contributed by atoms with Gasteiger partial charge in [-0.25, -0.2) is 15.0 Å². The second-order valence-electron chi connectivity index (χ2n) is 4.71. The van der Waals surface area contributed by atoms with E-state index >= 15 is 0 Å². The fourth-order valence-corrected chi connectivity index (χ4v) is 2.73. The largest absolute Gasteiger partial charge is 0.373 e. The molecule has 0 aliphatic rings. The van der Waals surface area contributed by atoms with E-state index in [2.05, 4.69) is 37.8 Å². The topological polar surface area (TPSA) is 50.7 Å². The van der Waals surface area contributed by atoms with E-state index in [0.717, 1.165) is 33.6 Å². The van der Waals surface area contributed by atoms with Crippen LogP contribution in [-0.2, 0) is 6.42 Å². The highest BCUT2D eigenvalue weighted by Gasteiger charge is 2.08. The minimum Gasteiger partial charge on any atom is -0.373 e. The van der Waals surface area contributed by atoms with E-state index in [0.29, 0.717) is 6.42 Å². The molecule has 2 aromatic heterocycles. The van der Waals surface area contributed by atoms with Crippen molar-refractivity contribution in [3.05, 3.63) is 58.3 Å². The van der Waals surface area contributed by atoms with Crippen LogP contribution in [0.2, 0.25) is 0 Å². The summed E-state index contributed by atoms with van der Waals surface area (Å²) in [5.41, 5.74) is 3.04. The Morgan fingerprint density at radius 1 is 1.10 bits per heavy atom. The van der Waals surface area contributed by atoms with Crippen molar-refractivity contribution in [3.63, 3.8) is 0 Å². The van der Waals surface area contributed by atoms with Gasteiger partial charge in [-0.3, -0.25) is 0 Å². The Kier molecular flexibility index (Phi) is 3.92. The van der Waals surface area contributed by atoms with E-state index in [4.69, 9.17) is 0 Å². The Labute approximate surface area is 127 Å². The normalized spacial score (nSPS) is 10.6. The second kappa shape index (κ2) is 6.01. The highest BCUT2D eigenvalue weighted by molar-refractivity contribution is 7.09. The Balaban J connectivity index is 1.97. The maximum absolute atomic E-state index is 4.67. The summed E-state index contributed by atoms with van der Waals surface area (Å²) < 4.78 is 0. The molecule has 2 heterocycles. The Bertz CT molecular complexity index is 737. The molecule has 1 aromatic carbocycles. The van der Waals surface area contributed by atoms with Crippen molar-refractivity contribution < 1.29 is 0 Å². The van der Waals surface area contributed by atoms with Gasteiger partial charge in [0.15, 0.2) is 0 Å². The first kappa shape index (κ1) is 13.7. The van der Waals surface area contributed by atoms with Gasteiger partial charge < -0.3 is 5.32 Å². The zero-order valence-electron chi connectivity index (χ0n) is 12.0. The lowest BCUT2D eigenvalue weighted by molar-refractivity contribution is 0.945. The molecule has 0 aliphatic carbocycles. The van der Waals surface area contributed by atoms with E-state index in [9.17, 15) is 0 Å². The third-order valence-electron chi connectivity index (χ3n) is 3.10. The summed E-state index contributed by atoms with van der Waals surface area (Å²) in [5, 5.41) is 6.23. The predicted octanol–water partition coefficient (Wildman–Crippen LogP) is 3.54. The molecule has 106 valence electrons. The lowest BCUT2D eigenvalue weighted by atomic mass is 10.1. The van der Waals surface area contributed by atoms with Crippen molar-refractivity contribution in [3.8, 4) is 11.3 Å². The number of thiazole rings is 1. The maximum Gasteiger partial charge on any atom is 0.137 e. The first-order valence-electron chi connectivity index (χ1n) is 6.77. The van der Waals surface area contributed by atoms with Crippen molar-refractivity contribution in [2.24, 2.45) is 0 Å². The summed E-state index contributed by atoms with van der Waals surface area (Å²) in [6.45, 7) is 2.01. The van der Waals surface area contributed by atoms with Gasteiger partial charge in [0.05, 0.1) is 22.8 Å². The minimum atomic E-state index is 0.652. The van der Waals surface area contributed by atoms with Gasteiger partial charge in [0.2, 0.25) is 0 Å². The van der Waals surface area contributed by atoms with Crippen molar-refractivity contribution in [2.45, 2.75) is 13.3 Å². The molecule has 0 unspecified atom stereocenters. The van der Waals surface area contributed by atoms with E-state index < -0.39 is 0 Å². The van der Waals surface area contributed by atoms with Crippen LogP contribution in [0.1, 0.15) is 16.5 Å². The lowest BCUT2D eigenvalue weighted by Crippen LogP contribution is -2.03. The van der Waals surface area contributed by atoms with Gasteiger partial charge in [-0.05, 0) is 6.92 Å². The van der Waals surface area contributed by atoms with E-state index in [1.54, 1.807) is 11.3 Å². The molecule has 0 aliphatic heterocycles. The molecule has 0 saturated heterocycles. The van der Waals surface area contributed by atoms with Gasteiger partial charge in [-0.1, -0.05) is 30.3 Å². The van der Waals surface area contributed by atoms with Crippen molar-refractivity contribution in [2.75, 3.05) is 12.4 Å². The third-order valence-corrected chi connectivity index (χ3v) is 3.93. The molecule has 0 amide bonds. The first-order valence-corrected chi connectivity index (χ1v) is 7.64. The highest BCUT2D eigenvalue weighted by Crippen LogP contribution is 2.20. The summed E-state index contributed by atoms with van der Waals surface area (Å²) in [6.07, 6.45) is 0.652. The lowest BCUT2D eigenvalue weighted by Gasteiger charge is -2.07. The van der Waals surface area contributed by atoms with Gasteiger partial charge in [-0.15, -0.1) is 11.3 Å². The summed E-state index contributed by atoms with van der Waals surface area (Å²) >= 11 is 1.65. The number of benzene rings is 1. The standard InChI is InChI=1S/C16H16N4S/c1-11-18-13(10-21-11)8-16-19-14(9-15(17-2)20-16)12-6-4-3-5-7-12/h3-7,9-10H,8H2,1-2H3,(H,17,19,20). The van der Waals surface area contributed by atoms with Crippen molar-refractivity contribution >= 4 is 17.2 Å². The SMILES string of the molecule is CNc1cc(-c2ccccc2)nc(Cc2csc(C)n2)n1. The number of aromatic nitrogens is 3. The number of anilines is 1. The molecule has 0 radical (unpaired) electrons. The minimum absolute atomic E-state index is 0.652.